The first-order valence-corrected chi connectivity index (χ1v) is 7.21. The van der Waals surface area contributed by atoms with Crippen molar-refractivity contribution >= 4 is 21.9 Å². The van der Waals surface area contributed by atoms with Gasteiger partial charge in [0, 0.05) is 6.54 Å². The maximum atomic E-state index is 5.79. The first kappa shape index (κ1) is 14.5. The zero-order valence-electron chi connectivity index (χ0n) is 11.0. The Morgan fingerprint density at radius 2 is 2.26 bits per heavy atom. The lowest BCUT2D eigenvalue weighted by molar-refractivity contribution is 0.0393. The molecule has 2 N–H and O–H groups in total. The number of methoxy groups -OCH3 is 1. The summed E-state index contributed by atoms with van der Waals surface area (Å²) in [6.45, 7) is 3.44. The number of halogens is 1. The number of piperidine rings is 1. The summed E-state index contributed by atoms with van der Waals surface area (Å²) in [5.74, 6) is 1.07. The predicted molar refractivity (Wildman–Crippen MR) is 76.6 cm³/mol. The maximum absolute atomic E-state index is 5.79. The van der Waals surface area contributed by atoms with E-state index in [1.54, 1.807) is 13.3 Å². The number of nitrogens with zero attached hydrogens (tertiary/aromatic N) is 2. The third-order valence-electron chi connectivity index (χ3n) is 2.93. The second-order valence-electron chi connectivity index (χ2n) is 4.30. The number of rotatable bonds is 6. The number of nitrogens with one attached hydrogen (secondary N) is 2. The molecule has 1 aromatic heterocycles. The first-order valence-electron chi connectivity index (χ1n) is 6.42. The van der Waals surface area contributed by atoms with Crippen molar-refractivity contribution in [2.45, 2.75) is 18.9 Å². The highest BCUT2D eigenvalue weighted by molar-refractivity contribution is 9.10. The second-order valence-corrected chi connectivity index (χ2v) is 5.15. The van der Waals surface area contributed by atoms with Crippen molar-refractivity contribution in [3.05, 3.63) is 10.7 Å². The van der Waals surface area contributed by atoms with Crippen molar-refractivity contribution in [3.63, 3.8) is 0 Å². The highest BCUT2D eigenvalue weighted by atomic mass is 79.9. The second kappa shape index (κ2) is 7.62. The molecule has 0 unspecified atom stereocenters. The van der Waals surface area contributed by atoms with Crippen molar-refractivity contribution in [2.24, 2.45) is 0 Å². The molecule has 1 aliphatic rings. The molecule has 2 rings (SSSR count). The molecule has 0 aliphatic carbocycles. The summed E-state index contributed by atoms with van der Waals surface area (Å²) >= 11 is 3.32. The summed E-state index contributed by atoms with van der Waals surface area (Å²) in [5.41, 5.74) is 0. The summed E-state index contributed by atoms with van der Waals surface area (Å²) in [5, 5.41) is 6.44. The Kier molecular flexibility index (Phi) is 5.81. The van der Waals surface area contributed by atoms with Gasteiger partial charge >= 0.3 is 0 Å². The molecule has 6 nitrogen and oxygen atoms in total. The van der Waals surface area contributed by atoms with Crippen LogP contribution >= 0.6 is 15.9 Å². The Morgan fingerprint density at radius 1 is 1.47 bits per heavy atom. The Hall–Kier alpha value is -0.920. The number of aromatic nitrogens is 2. The number of anilines is 1. The highest BCUT2D eigenvalue weighted by Crippen LogP contribution is 2.21. The van der Waals surface area contributed by atoms with Gasteiger partial charge in [-0.25, -0.2) is 4.98 Å². The van der Waals surface area contributed by atoms with Crippen LogP contribution in [0.5, 0.6) is 5.88 Å². The van der Waals surface area contributed by atoms with Crippen LogP contribution in [0.4, 0.5) is 5.95 Å². The lowest BCUT2D eigenvalue weighted by Gasteiger charge is -2.22. The molecule has 1 saturated heterocycles. The van der Waals surface area contributed by atoms with Crippen molar-refractivity contribution < 1.29 is 9.47 Å². The molecule has 1 aromatic rings. The molecule has 0 saturated carbocycles. The van der Waals surface area contributed by atoms with E-state index in [2.05, 4.69) is 36.5 Å². The number of hydrogen-bond donors (Lipinski definition) is 2. The normalized spacial score (nSPS) is 16.3. The Labute approximate surface area is 121 Å². The molecule has 2 heterocycles. The first-order chi connectivity index (χ1) is 9.29. The van der Waals surface area contributed by atoms with Gasteiger partial charge in [0.25, 0.3) is 0 Å². The summed E-state index contributed by atoms with van der Waals surface area (Å²) < 4.78 is 11.6. The molecule has 0 amide bonds. The molecule has 1 aliphatic heterocycles. The summed E-state index contributed by atoms with van der Waals surface area (Å²) in [6, 6.07) is 0. The predicted octanol–water partition coefficient (Wildman–Crippen LogP) is 1.43. The number of ether oxygens (including phenoxy) is 2. The molecule has 0 aromatic carbocycles. The zero-order valence-corrected chi connectivity index (χ0v) is 12.6. The van der Waals surface area contributed by atoms with E-state index in [9.17, 15) is 0 Å². The van der Waals surface area contributed by atoms with Gasteiger partial charge in [-0.1, -0.05) is 0 Å². The Bertz CT molecular complexity index is 399. The van der Waals surface area contributed by atoms with Crippen molar-refractivity contribution in [1.82, 2.24) is 15.3 Å². The average molecular weight is 331 g/mol. The molecule has 0 atom stereocenters. The van der Waals surface area contributed by atoms with Gasteiger partial charge in [0.05, 0.1) is 30.5 Å². The van der Waals surface area contributed by atoms with E-state index in [0.29, 0.717) is 31.1 Å². The monoisotopic (exact) mass is 330 g/mol. The van der Waals surface area contributed by atoms with Gasteiger partial charge in [-0.3, -0.25) is 0 Å². The van der Waals surface area contributed by atoms with Gasteiger partial charge in [-0.15, -0.1) is 0 Å². The SMILES string of the molecule is COc1nc(NCCOC2CCNCC2)ncc1Br. The van der Waals surface area contributed by atoms with E-state index >= 15 is 0 Å². The van der Waals surface area contributed by atoms with Crippen LogP contribution in [-0.2, 0) is 4.74 Å². The van der Waals surface area contributed by atoms with Crippen LogP contribution in [0.15, 0.2) is 10.7 Å². The molecule has 106 valence electrons. The average Bonchev–Trinajstić information content (AvgIpc) is 2.46. The molecule has 0 spiro atoms. The van der Waals surface area contributed by atoms with Crippen molar-refractivity contribution in [2.75, 3.05) is 38.7 Å². The van der Waals surface area contributed by atoms with Crippen molar-refractivity contribution in [3.8, 4) is 5.88 Å². The van der Waals surface area contributed by atoms with Crippen LogP contribution in [0.1, 0.15) is 12.8 Å². The molecule has 0 bridgehead atoms. The standard InChI is InChI=1S/C12H19BrN4O2/c1-18-11-10(13)8-16-12(17-11)15-6-7-19-9-2-4-14-5-3-9/h8-9,14H,2-7H2,1H3,(H,15,16,17). The van der Waals surface area contributed by atoms with E-state index in [0.717, 1.165) is 30.4 Å². The summed E-state index contributed by atoms with van der Waals surface area (Å²) in [6.07, 6.45) is 4.22. The van der Waals surface area contributed by atoms with Crippen LogP contribution in [-0.4, -0.2) is 49.4 Å². The highest BCUT2D eigenvalue weighted by Gasteiger charge is 2.12. The van der Waals surface area contributed by atoms with Gasteiger partial charge in [0.2, 0.25) is 11.8 Å². The molecule has 7 heteroatoms. The third kappa shape index (κ3) is 4.59. The topological polar surface area (TPSA) is 68.3 Å². The fraction of sp³-hybridized carbons (Fsp3) is 0.667. The van der Waals surface area contributed by atoms with E-state index < -0.39 is 0 Å². The summed E-state index contributed by atoms with van der Waals surface area (Å²) in [4.78, 5) is 8.37. The lowest BCUT2D eigenvalue weighted by Crippen LogP contribution is -2.33. The van der Waals surface area contributed by atoms with E-state index in [1.807, 2.05) is 0 Å². The fourth-order valence-corrected chi connectivity index (χ4v) is 2.28. The minimum Gasteiger partial charge on any atom is -0.480 e. The minimum atomic E-state index is 0.378. The van der Waals surface area contributed by atoms with Gasteiger partial charge in [0.1, 0.15) is 0 Å². The van der Waals surface area contributed by atoms with Crippen LogP contribution in [0.3, 0.4) is 0 Å². The lowest BCUT2D eigenvalue weighted by atomic mass is 10.1. The van der Waals surface area contributed by atoms with Crippen LogP contribution < -0.4 is 15.4 Å². The number of hydrogen-bond acceptors (Lipinski definition) is 6. The minimum absolute atomic E-state index is 0.378. The van der Waals surface area contributed by atoms with E-state index in [1.165, 1.54) is 0 Å². The molecular formula is C12H19BrN4O2. The largest absolute Gasteiger partial charge is 0.480 e. The molecule has 0 radical (unpaired) electrons. The maximum Gasteiger partial charge on any atom is 0.232 e. The third-order valence-corrected chi connectivity index (χ3v) is 3.47. The van der Waals surface area contributed by atoms with Gasteiger partial charge in [-0.05, 0) is 41.9 Å². The van der Waals surface area contributed by atoms with Crippen LogP contribution in [0.2, 0.25) is 0 Å². The zero-order chi connectivity index (χ0) is 13.5. The van der Waals surface area contributed by atoms with Gasteiger partial charge in [-0.2, -0.15) is 4.98 Å². The van der Waals surface area contributed by atoms with Crippen molar-refractivity contribution in [1.29, 1.82) is 0 Å². The van der Waals surface area contributed by atoms with Gasteiger partial charge in [0.15, 0.2) is 0 Å². The van der Waals surface area contributed by atoms with Crippen LogP contribution in [0.25, 0.3) is 0 Å². The Morgan fingerprint density at radius 3 is 3.00 bits per heavy atom. The smallest absolute Gasteiger partial charge is 0.232 e. The molecule has 1 fully saturated rings. The summed E-state index contributed by atoms with van der Waals surface area (Å²) in [7, 11) is 1.58. The molecule has 19 heavy (non-hydrogen) atoms. The van der Waals surface area contributed by atoms with Gasteiger partial charge < -0.3 is 20.1 Å². The molecular weight excluding hydrogens is 312 g/mol. The van der Waals surface area contributed by atoms with E-state index in [-0.39, 0.29) is 0 Å². The quantitative estimate of drug-likeness (QED) is 0.769. The van der Waals surface area contributed by atoms with Crippen LogP contribution in [0, 0.1) is 0 Å². The fourth-order valence-electron chi connectivity index (χ4n) is 1.93. The van der Waals surface area contributed by atoms with E-state index in [4.69, 9.17) is 9.47 Å². The Balaban J connectivity index is 1.70.